The predicted molar refractivity (Wildman–Crippen MR) is 79.8 cm³/mol. The van der Waals surface area contributed by atoms with Gasteiger partial charge in [-0.15, -0.1) is 4.90 Å². The SMILES string of the molecule is CC(C)(C)c1c(C=O)nc(N(C(=O)O)C(=O)O)n1C(C)(C)C. The Morgan fingerprint density at radius 3 is 1.82 bits per heavy atom. The average Bonchev–Trinajstić information content (AvgIpc) is 2.66. The minimum absolute atomic E-state index is 0.0323. The highest BCUT2D eigenvalue weighted by Crippen LogP contribution is 2.35. The summed E-state index contributed by atoms with van der Waals surface area (Å²) in [5.41, 5.74) is -0.685. The lowest BCUT2D eigenvalue weighted by Gasteiger charge is -2.32. The molecule has 0 fully saturated rings. The number of carbonyl (C=O) groups is 3. The van der Waals surface area contributed by atoms with Crippen LogP contribution < -0.4 is 4.90 Å². The molecule has 0 saturated heterocycles. The quantitative estimate of drug-likeness (QED) is 0.812. The van der Waals surface area contributed by atoms with E-state index in [1.807, 2.05) is 20.8 Å². The summed E-state index contributed by atoms with van der Waals surface area (Å²) >= 11 is 0. The molecule has 2 N–H and O–H groups in total. The first-order chi connectivity index (χ1) is 9.82. The van der Waals surface area contributed by atoms with E-state index in [2.05, 4.69) is 4.98 Å². The van der Waals surface area contributed by atoms with Crippen molar-refractivity contribution in [2.24, 2.45) is 0 Å². The van der Waals surface area contributed by atoms with Gasteiger partial charge in [0.05, 0.1) is 5.69 Å². The Bertz CT molecular complexity index is 606. The molecule has 0 aliphatic heterocycles. The van der Waals surface area contributed by atoms with Gasteiger partial charge in [0, 0.05) is 11.0 Å². The van der Waals surface area contributed by atoms with Crippen LogP contribution >= 0.6 is 0 Å². The van der Waals surface area contributed by atoms with Gasteiger partial charge in [-0.1, -0.05) is 20.8 Å². The summed E-state index contributed by atoms with van der Waals surface area (Å²) in [7, 11) is 0. The van der Waals surface area contributed by atoms with Crippen molar-refractivity contribution in [3.63, 3.8) is 0 Å². The monoisotopic (exact) mass is 311 g/mol. The summed E-state index contributed by atoms with van der Waals surface area (Å²) in [5, 5.41) is 18.3. The number of amides is 2. The van der Waals surface area contributed by atoms with Gasteiger partial charge in [-0.05, 0) is 20.8 Å². The van der Waals surface area contributed by atoms with E-state index in [4.69, 9.17) is 10.2 Å². The predicted octanol–water partition coefficient (Wildman–Crippen LogP) is 2.91. The lowest BCUT2D eigenvalue weighted by atomic mass is 9.89. The molecule has 1 aromatic rings. The molecule has 0 bridgehead atoms. The number of carboxylic acid groups (broad SMARTS) is 2. The molecule has 8 heteroatoms. The Kier molecular flexibility index (Phi) is 4.36. The van der Waals surface area contributed by atoms with Gasteiger partial charge < -0.3 is 14.8 Å². The van der Waals surface area contributed by atoms with E-state index in [1.165, 1.54) is 4.57 Å². The maximum Gasteiger partial charge on any atom is 0.424 e. The molecule has 2 amide bonds. The molecule has 8 nitrogen and oxygen atoms in total. The van der Waals surface area contributed by atoms with Crippen LogP contribution in [-0.2, 0) is 11.0 Å². The summed E-state index contributed by atoms with van der Waals surface area (Å²) in [5.74, 6) is -0.306. The fourth-order valence-corrected chi connectivity index (χ4v) is 2.27. The van der Waals surface area contributed by atoms with Crippen molar-refractivity contribution in [1.82, 2.24) is 9.55 Å². The first kappa shape index (κ1) is 17.7. The van der Waals surface area contributed by atoms with Crippen molar-refractivity contribution in [2.45, 2.75) is 52.5 Å². The van der Waals surface area contributed by atoms with Gasteiger partial charge in [0.1, 0.15) is 5.69 Å². The van der Waals surface area contributed by atoms with Crippen LogP contribution in [-0.4, -0.2) is 38.2 Å². The zero-order valence-electron chi connectivity index (χ0n) is 13.5. The Labute approximate surface area is 128 Å². The number of anilines is 1. The summed E-state index contributed by atoms with van der Waals surface area (Å²) < 4.78 is 1.49. The van der Waals surface area contributed by atoms with E-state index < -0.39 is 23.1 Å². The number of rotatable bonds is 2. The minimum Gasteiger partial charge on any atom is -0.464 e. The average molecular weight is 311 g/mol. The van der Waals surface area contributed by atoms with Crippen LogP contribution in [0.3, 0.4) is 0 Å². The number of hydrogen-bond donors (Lipinski definition) is 2. The van der Waals surface area contributed by atoms with E-state index in [1.54, 1.807) is 20.8 Å². The summed E-state index contributed by atoms with van der Waals surface area (Å²) in [6.07, 6.45) is -2.85. The molecule has 1 aromatic heterocycles. The van der Waals surface area contributed by atoms with Gasteiger partial charge in [0.15, 0.2) is 6.29 Å². The van der Waals surface area contributed by atoms with Gasteiger partial charge in [-0.2, -0.15) is 0 Å². The number of imide groups is 1. The standard InChI is InChI=1S/C14H21N3O5/c1-13(2,3)9-8(7-18)15-10(17(9)14(4,5)6)16(11(19)20)12(21)22/h7H,1-6H3,(H,19,20)(H,21,22). The van der Waals surface area contributed by atoms with Gasteiger partial charge in [0.2, 0.25) is 5.95 Å². The summed E-state index contributed by atoms with van der Waals surface area (Å²) in [4.78, 5) is 38.0. The second kappa shape index (κ2) is 5.43. The maximum absolute atomic E-state index is 11.3. The van der Waals surface area contributed by atoms with Crippen molar-refractivity contribution in [3.05, 3.63) is 11.4 Å². The molecule has 0 saturated carbocycles. The van der Waals surface area contributed by atoms with Crippen molar-refractivity contribution in [2.75, 3.05) is 4.90 Å². The smallest absolute Gasteiger partial charge is 0.424 e. The van der Waals surface area contributed by atoms with Crippen LogP contribution in [0.25, 0.3) is 0 Å². The number of hydrogen-bond acceptors (Lipinski definition) is 4. The van der Waals surface area contributed by atoms with Crippen LogP contribution in [0, 0.1) is 0 Å². The Balaban J connectivity index is 3.88. The molecule has 0 aliphatic rings. The summed E-state index contributed by atoms with van der Waals surface area (Å²) in [6.45, 7) is 10.9. The number of imidazole rings is 1. The lowest BCUT2D eigenvalue weighted by molar-refractivity contribution is 0.111. The molecule has 22 heavy (non-hydrogen) atoms. The first-order valence-corrected chi connectivity index (χ1v) is 6.67. The van der Waals surface area contributed by atoms with E-state index in [0.717, 1.165) is 0 Å². The third-order valence-corrected chi connectivity index (χ3v) is 2.96. The number of nitrogens with zero attached hydrogens (tertiary/aromatic N) is 3. The molecular weight excluding hydrogens is 290 g/mol. The van der Waals surface area contributed by atoms with Crippen LogP contribution in [0.1, 0.15) is 57.7 Å². The van der Waals surface area contributed by atoms with Gasteiger partial charge in [-0.3, -0.25) is 4.79 Å². The summed E-state index contributed by atoms with van der Waals surface area (Å²) in [6, 6.07) is 0. The van der Waals surface area contributed by atoms with Crippen molar-refractivity contribution in [3.8, 4) is 0 Å². The fourth-order valence-electron chi connectivity index (χ4n) is 2.27. The molecule has 0 aliphatic carbocycles. The van der Waals surface area contributed by atoms with E-state index in [0.29, 0.717) is 12.0 Å². The Hall–Kier alpha value is -2.38. The van der Waals surface area contributed by atoms with Crippen LogP contribution in [0.4, 0.5) is 15.5 Å². The molecule has 0 unspecified atom stereocenters. The number of aromatic nitrogens is 2. The molecule has 1 heterocycles. The van der Waals surface area contributed by atoms with Gasteiger partial charge in [-0.25, -0.2) is 14.6 Å². The highest BCUT2D eigenvalue weighted by molar-refractivity contribution is 6.06. The highest BCUT2D eigenvalue weighted by Gasteiger charge is 2.37. The molecule has 0 aromatic carbocycles. The number of carbonyl (C=O) groups excluding carboxylic acids is 1. The zero-order valence-corrected chi connectivity index (χ0v) is 13.5. The Morgan fingerprint density at radius 1 is 1.09 bits per heavy atom. The van der Waals surface area contributed by atoms with Crippen molar-refractivity contribution in [1.29, 1.82) is 0 Å². The fraction of sp³-hybridized carbons (Fsp3) is 0.571. The zero-order chi connectivity index (χ0) is 17.5. The normalized spacial score (nSPS) is 12.1. The first-order valence-electron chi connectivity index (χ1n) is 6.67. The number of aldehydes is 1. The maximum atomic E-state index is 11.3. The second-order valence-electron chi connectivity index (χ2n) is 6.92. The van der Waals surface area contributed by atoms with Gasteiger partial charge in [0.25, 0.3) is 0 Å². The second-order valence-corrected chi connectivity index (χ2v) is 6.92. The van der Waals surface area contributed by atoms with Gasteiger partial charge >= 0.3 is 12.2 Å². The van der Waals surface area contributed by atoms with Crippen LogP contribution in [0.15, 0.2) is 0 Å². The molecule has 1 rings (SSSR count). The molecular formula is C14H21N3O5. The topological polar surface area (TPSA) is 113 Å². The molecule has 122 valence electrons. The molecule has 0 atom stereocenters. The molecule has 0 spiro atoms. The van der Waals surface area contributed by atoms with Crippen molar-refractivity contribution < 1.29 is 24.6 Å². The van der Waals surface area contributed by atoms with E-state index in [9.17, 15) is 14.4 Å². The van der Waals surface area contributed by atoms with E-state index in [-0.39, 0.29) is 16.5 Å². The third kappa shape index (κ3) is 3.10. The van der Waals surface area contributed by atoms with E-state index >= 15 is 0 Å². The lowest BCUT2D eigenvalue weighted by Crippen LogP contribution is -2.40. The molecule has 0 radical (unpaired) electrons. The largest absolute Gasteiger partial charge is 0.464 e. The van der Waals surface area contributed by atoms with Crippen LogP contribution in [0.5, 0.6) is 0 Å². The van der Waals surface area contributed by atoms with Crippen molar-refractivity contribution >= 4 is 24.4 Å². The third-order valence-electron chi connectivity index (χ3n) is 2.96. The Morgan fingerprint density at radius 2 is 1.55 bits per heavy atom. The highest BCUT2D eigenvalue weighted by atomic mass is 16.4. The minimum atomic E-state index is -1.68. The van der Waals surface area contributed by atoms with Crippen LogP contribution in [0.2, 0.25) is 0 Å².